The van der Waals surface area contributed by atoms with Crippen molar-refractivity contribution in [3.8, 4) is 0 Å². The van der Waals surface area contributed by atoms with E-state index in [1.807, 2.05) is 36.5 Å². The molecule has 0 unspecified atom stereocenters. The van der Waals surface area contributed by atoms with Crippen molar-refractivity contribution in [2.75, 3.05) is 13.2 Å². The van der Waals surface area contributed by atoms with E-state index in [2.05, 4.69) is 10.3 Å². The van der Waals surface area contributed by atoms with E-state index in [-0.39, 0.29) is 18.4 Å². The van der Waals surface area contributed by atoms with Gasteiger partial charge >= 0.3 is 0 Å². The summed E-state index contributed by atoms with van der Waals surface area (Å²) in [5.41, 5.74) is 1.88. The average molecular weight is 345 g/mol. The summed E-state index contributed by atoms with van der Waals surface area (Å²) < 4.78 is 5.46. The maximum absolute atomic E-state index is 12.6. The Balaban J connectivity index is 1.73. The van der Waals surface area contributed by atoms with Gasteiger partial charge in [0.2, 0.25) is 5.91 Å². The zero-order chi connectivity index (χ0) is 16.8. The molecular weight excluding hydrogens is 324 g/mol. The molecule has 24 heavy (non-hydrogen) atoms. The van der Waals surface area contributed by atoms with Gasteiger partial charge in [-0.25, -0.2) is 0 Å². The lowest BCUT2D eigenvalue weighted by atomic mass is 9.87. The number of hydrogen-bond acceptors (Lipinski definition) is 3. The monoisotopic (exact) mass is 344 g/mol. The van der Waals surface area contributed by atoms with Gasteiger partial charge in [0.25, 0.3) is 0 Å². The highest BCUT2D eigenvalue weighted by Crippen LogP contribution is 2.30. The van der Waals surface area contributed by atoms with Crippen molar-refractivity contribution >= 4 is 17.5 Å². The van der Waals surface area contributed by atoms with Crippen molar-refractivity contribution in [3.05, 3.63) is 64.9 Å². The Morgan fingerprint density at radius 1 is 1.25 bits per heavy atom. The SMILES string of the molecule is O=C(Cc1ccccc1Cl)N[C@H](c1cccnc1)C1CCOCC1. The number of benzene rings is 1. The first-order chi connectivity index (χ1) is 11.7. The van der Waals surface area contributed by atoms with Crippen molar-refractivity contribution in [2.45, 2.75) is 25.3 Å². The van der Waals surface area contributed by atoms with Gasteiger partial charge < -0.3 is 10.1 Å². The Morgan fingerprint density at radius 3 is 2.75 bits per heavy atom. The molecule has 126 valence electrons. The van der Waals surface area contributed by atoms with Gasteiger partial charge in [-0.1, -0.05) is 35.9 Å². The van der Waals surface area contributed by atoms with Crippen LogP contribution in [0, 0.1) is 5.92 Å². The van der Waals surface area contributed by atoms with Gasteiger partial charge in [-0.2, -0.15) is 0 Å². The molecule has 2 aromatic rings. The third kappa shape index (κ3) is 4.34. The fraction of sp³-hybridized carbons (Fsp3) is 0.368. The van der Waals surface area contributed by atoms with E-state index in [1.165, 1.54) is 0 Å². The molecule has 1 aromatic heterocycles. The minimum absolute atomic E-state index is 0.0246. The largest absolute Gasteiger partial charge is 0.381 e. The Hall–Kier alpha value is -1.91. The van der Waals surface area contributed by atoms with E-state index in [9.17, 15) is 4.79 Å². The number of amides is 1. The highest BCUT2D eigenvalue weighted by molar-refractivity contribution is 6.31. The molecule has 1 amide bonds. The first-order valence-corrected chi connectivity index (χ1v) is 8.62. The number of hydrogen-bond donors (Lipinski definition) is 1. The van der Waals surface area contributed by atoms with Gasteiger partial charge in [-0.15, -0.1) is 0 Å². The Kier molecular flexibility index (Phi) is 5.83. The Labute approximate surface area is 147 Å². The zero-order valence-corrected chi connectivity index (χ0v) is 14.2. The van der Waals surface area contributed by atoms with E-state index in [1.54, 1.807) is 12.3 Å². The van der Waals surface area contributed by atoms with E-state index in [0.29, 0.717) is 10.9 Å². The summed E-state index contributed by atoms with van der Waals surface area (Å²) in [5.74, 6) is 0.335. The summed E-state index contributed by atoms with van der Waals surface area (Å²) in [7, 11) is 0. The number of rotatable bonds is 5. The number of carbonyl (C=O) groups excluding carboxylic acids is 1. The van der Waals surface area contributed by atoms with Crippen molar-refractivity contribution in [3.63, 3.8) is 0 Å². The molecule has 1 aliphatic heterocycles. The molecule has 4 nitrogen and oxygen atoms in total. The second kappa shape index (κ2) is 8.27. The lowest BCUT2D eigenvalue weighted by Gasteiger charge is -2.31. The number of halogens is 1. The lowest BCUT2D eigenvalue weighted by molar-refractivity contribution is -0.121. The molecule has 5 heteroatoms. The van der Waals surface area contributed by atoms with Crippen LogP contribution >= 0.6 is 11.6 Å². The van der Waals surface area contributed by atoms with Gasteiger partial charge in [0, 0.05) is 30.6 Å². The van der Waals surface area contributed by atoms with Gasteiger partial charge in [-0.3, -0.25) is 9.78 Å². The summed E-state index contributed by atoms with van der Waals surface area (Å²) >= 11 is 6.16. The summed E-state index contributed by atoms with van der Waals surface area (Å²) in [6.45, 7) is 1.48. The third-order valence-electron chi connectivity index (χ3n) is 4.41. The number of carbonyl (C=O) groups is 1. The van der Waals surface area contributed by atoms with E-state index in [4.69, 9.17) is 16.3 Å². The third-order valence-corrected chi connectivity index (χ3v) is 4.77. The minimum Gasteiger partial charge on any atom is -0.381 e. The highest BCUT2D eigenvalue weighted by Gasteiger charge is 2.27. The minimum atomic E-state index is -0.0439. The molecule has 0 bridgehead atoms. The number of pyridine rings is 1. The molecule has 0 radical (unpaired) electrons. The van der Waals surface area contributed by atoms with Crippen LogP contribution in [-0.2, 0) is 16.0 Å². The second-order valence-electron chi connectivity index (χ2n) is 6.05. The van der Waals surface area contributed by atoms with Crippen molar-refractivity contribution < 1.29 is 9.53 Å². The first kappa shape index (κ1) is 16.9. The number of nitrogens with zero attached hydrogens (tertiary/aromatic N) is 1. The summed E-state index contributed by atoms with van der Waals surface area (Å²) in [6, 6.07) is 11.3. The Bertz CT molecular complexity index is 672. The van der Waals surface area contributed by atoms with Crippen molar-refractivity contribution in [1.29, 1.82) is 0 Å². The molecule has 3 rings (SSSR count). The molecule has 2 heterocycles. The predicted octanol–water partition coefficient (Wildman–Crippen LogP) is 3.56. The smallest absolute Gasteiger partial charge is 0.224 e. The van der Waals surface area contributed by atoms with Gasteiger partial charge in [0.1, 0.15) is 0 Å². The lowest BCUT2D eigenvalue weighted by Crippen LogP contribution is -2.36. The van der Waals surface area contributed by atoms with Gasteiger partial charge in [0.05, 0.1) is 12.5 Å². The molecule has 1 aromatic carbocycles. The summed E-state index contributed by atoms with van der Waals surface area (Å²) in [6.07, 6.45) is 5.73. The topological polar surface area (TPSA) is 51.2 Å². The van der Waals surface area contributed by atoms with Gasteiger partial charge in [-0.05, 0) is 42.0 Å². The van der Waals surface area contributed by atoms with Crippen LogP contribution in [0.5, 0.6) is 0 Å². The molecule has 0 aliphatic carbocycles. The fourth-order valence-electron chi connectivity index (χ4n) is 3.12. The molecule has 1 fully saturated rings. The normalized spacial score (nSPS) is 16.5. The second-order valence-corrected chi connectivity index (χ2v) is 6.46. The van der Waals surface area contributed by atoms with E-state index in [0.717, 1.165) is 37.2 Å². The zero-order valence-electron chi connectivity index (χ0n) is 13.5. The van der Waals surface area contributed by atoms with Crippen LogP contribution in [0.4, 0.5) is 0 Å². The molecule has 0 spiro atoms. The summed E-state index contributed by atoms with van der Waals surface area (Å²) in [4.78, 5) is 16.8. The van der Waals surface area contributed by atoms with Crippen LogP contribution in [-0.4, -0.2) is 24.1 Å². The van der Waals surface area contributed by atoms with Crippen LogP contribution in [0.25, 0.3) is 0 Å². The van der Waals surface area contributed by atoms with Gasteiger partial charge in [0.15, 0.2) is 0 Å². The Morgan fingerprint density at radius 2 is 2.04 bits per heavy atom. The average Bonchev–Trinajstić information content (AvgIpc) is 2.63. The van der Waals surface area contributed by atoms with Crippen LogP contribution in [0.1, 0.15) is 30.0 Å². The summed E-state index contributed by atoms with van der Waals surface area (Å²) in [5, 5.41) is 3.81. The fourth-order valence-corrected chi connectivity index (χ4v) is 3.32. The number of nitrogens with one attached hydrogen (secondary N) is 1. The molecule has 1 atom stereocenters. The van der Waals surface area contributed by atoms with Crippen molar-refractivity contribution in [2.24, 2.45) is 5.92 Å². The molecule has 1 aliphatic rings. The van der Waals surface area contributed by atoms with E-state index < -0.39 is 0 Å². The van der Waals surface area contributed by atoms with Crippen LogP contribution < -0.4 is 5.32 Å². The number of aromatic nitrogens is 1. The first-order valence-electron chi connectivity index (χ1n) is 8.24. The molecule has 0 saturated carbocycles. The van der Waals surface area contributed by atoms with Crippen LogP contribution in [0.2, 0.25) is 5.02 Å². The quantitative estimate of drug-likeness (QED) is 0.902. The van der Waals surface area contributed by atoms with Crippen LogP contribution in [0.3, 0.4) is 0 Å². The van der Waals surface area contributed by atoms with Crippen LogP contribution in [0.15, 0.2) is 48.8 Å². The predicted molar refractivity (Wildman–Crippen MR) is 93.8 cm³/mol. The van der Waals surface area contributed by atoms with E-state index >= 15 is 0 Å². The maximum Gasteiger partial charge on any atom is 0.224 e. The maximum atomic E-state index is 12.6. The van der Waals surface area contributed by atoms with Crippen molar-refractivity contribution in [1.82, 2.24) is 10.3 Å². The molecular formula is C19H21ClN2O2. The molecule has 1 N–H and O–H groups in total. The molecule has 1 saturated heterocycles. The highest BCUT2D eigenvalue weighted by atomic mass is 35.5. The number of ether oxygens (including phenoxy) is 1. The standard InChI is InChI=1S/C19H21ClN2O2/c20-17-6-2-1-4-15(17)12-18(23)22-19(14-7-10-24-11-8-14)16-5-3-9-21-13-16/h1-6,9,13-14,19H,7-8,10-12H2,(H,22,23)/t19-/m0/s1.